The Kier molecular flexibility index (Phi) is 4.79. The molecule has 1 amide bonds. The van der Waals surface area contributed by atoms with Gasteiger partial charge in [0.05, 0.1) is 11.3 Å². The van der Waals surface area contributed by atoms with E-state index in [1.807, 2.05) is 0 Å². The molecule has 0 unspecified atom stereocenters. The Morgan fingerprint density at radius 3 is 2.88 bits per heavy atom. The van der Waals surface area contributed by atoms with E-state index in [1.54, 1.807) is 18.2 Å². The number of hydrogen-bond acceptors (Lipinski definition) is 3. The number of nitrogens with one attached hydrogen (secondary N) is 2. The van der Waals surface area contributed by atoms with Crippen LogP contribution in [0.4, 0.5) is 5.69 Å². The quantitative estimate of drug-likeness (QED) is 0.707. The fraction of sp³-hybridized carbons (Fsp3) is 0.167. The Hall–Kier alpha value is -2.10. The van der Waals surface area contributed by atoms with Crippen LogP contribution in [0.25, 0.3) is 0 Å². The van der Waals surface area contributed by atoms with Crippen LogP contribution >= 0.6 is 0 Å². The number of rotatable bonds is 6. The molecule has 2 N–H and O–H groups in total. The molecule has 1 aromatic heterocycles. The third-order valence-electron chi connectivity index (χ3n) is 1.84. The van der Waals surface area contributed by atoms with Crippen LogP contribution < -0.4 is 10.6 Å². The van der Waals surface area contributed by atoms with Gasteiger partial charge < -0.3 is 10.6 Å². The average molecular weight is 216 g/mol. The predicted molar refractivity (Wildman–Crippen MR) is 64.3 cm³/mol. The van der Waals surface area contributed by atoms with Gasteiger partial charge in [0.1, 0.15) is 6.20 Å². The van der Waals surface area contributed by atoms with Crippen molar-refractivity contribution in [3.8, 4) is 0 Å². The lowest BCUT2D eigenvalue weighted by Crippen LogP contribution is -2.24. The lowest BCUT2D eigenvalue weighted by molar-refractivity contribution is 0.0958. The summed E-state index contributed by atoms with van der Waals surface area (Å²) in [5.41, 5.74) is 1.09. The average Bonchev–Trinajstić information content (AvgIpc) is 2.33. The maximum Gasteiger partial charge on any atom is 0.253 e. The summed E-state index contributed by atoms with van der Waals surface area (Å²) in [6.07, 6.45) is 7.59. The molecule has 0 aromatic carbocycles. The Labute approximate surface area is 95.1 Å². The summed E-state index contributed by atoms with van der Waals surface area (Å²) < 4.78 is 0. The number of amides is 1. The first-order valence-electron chi connectivity index (χ1n) is 4.90. The number of nitrogens with zero attached hydrogens (tertiary/aromatic N) is 1. The maximum absolute atomic E-state index is 11.7. The van der Waals surface area contributed by atoms with Crippen LogP contribution in [-0.4, -0.2) is 24.0 Å². The number of anilines is 1. The minimum atomic E-state index is -0.176. The summed E-state index contributed by atoms with van der Waals surface area (Å²) in [7, 11) is 0. The molecule has 83 valence electrons. The van der Waals surface area contributed by atoms with Gasteiger partial charge in [0.2, 0.25) is 0 Å². The summed E-state index contributed by atoms with van der Waals surface area (Å²) in [6.45, 7) is 8.12. The van der Waals surface area contributed by atoms with E-state index in [1.165, 1.54) is 6.20 Å². The summed E-state index contributed by atoms with van der Waals surface area (Å²) >= 11 is 0. The Balaban J connectivity index is 2.80. The van der Waals surface area contributed by atoms with E-state index in [0.29, 0.717) is 24.3 Å². The van der Waals surface area contributed by atoms with Crippen molar-refractivity contribution in [2.75, 3.05) is 18.4 Å². The van der Waals surface area contributed by atoms with Crippen LogP contribution in [0.2, 0.25) is 0 Å². The first-order valence-corrected chi connectivity index (χ1v) is 4.90. The zero-order valence-electron chi connectivity index (χ0n) is 8.99. The van der Waals surface area contributed by atoms with Gasteiger partial charge in [-0.3, -0.25) is 9.78 Å². The van der Waals surface area contributed by atoms with E-state index in [2.05, 4.69) is 35.0 Å². The van der Waals surface area contributed by atoms with Crippen LogP contribution in [0.5, 0.6) is 0 Å². The van der Waals surface area contributed by atoms with Crippen molar-refractivity contribution < 1.29 is 4.79 Å². The van der Waals surface area contributed by atoms with Crippen LogP contribution in [-0.2, 0) is 0 Å². The first kappa shape index (κ1) is 12.0. The summed E-state index contributed by atoms with van der Waals surface area (Å²) in [5, 5.41) is 5.69. The molecule has 16 heavy (non-hydrogen) atoms. The number of aromatic nitrogens is 1. The van der Waals surface area contributed by atoms with Gasteiger partial charge in [-0.15, -0.1) is 13.2 Å². The molecule has 0 fully saturated rings. The van der Waals surface area contributed by atoms with Crippen molar-refractivity contribution in [1.29, 1.82) is 0 Å². The molecular formula is C12H14N3O. The van der Waals surface area contributed by atoms with Crippen LogP contribution in [0.3, 0.4) is 0 Å². The van der Waals surface area contributed by atoms with Crippen LogP contribution in [0.15, 0.2) is 37.6 Å². The van der Waals surface area contributed by atoms with Crippen molar-refractivity contribution in [2.24, 2.45) is 0 Å². The van der Waals surface area contributed by atoms with E-state index in [-0.39, 0.29) is 5.91 Å². The summed E-state index contributed by atoms with van der Waals surface area (Å²) in [5.74, 6) is -0.176. The molecule has 0 atom stereocenters. The van der Waals surface area contributed by atoms with Crippen molar-refractivity contribution >= 4 is 11.6 Å². The number of pyridine rings is 1. The second-order valence-corrected chi connectivity index (χ2v) is 3.01. The number of hydrogen-bond donors (Lipinski definition) is 2. The predicted octanol–water partition coefficient (Wildman–Crippen LogP) is 1.40. The lowest BCUT2D eigenvalue weighted by Gasteiger charge is -2.08. The van der Waals surface area contributed by atoms with E-state index in [9.17, 15) is 4.79 Å². The Morgan fingerprint density at radius 1 is 1.44 bits per heavy atom. The van der Waals surface area contributed by atoms with Crippen molar-refractivity contribution in [3.63, 3.8) is 0 Å². The van der Waals surface area contributed by atoms with Gasteiger partial charge in [-0.2, -0.15) is 0 Å². The normalized spacial score (nSPS) is 9.25. The fourth-order valence-electron chi connectivity index (χ4n) is 1.12. The zero-order valence-corrected chi connectivity index (χ0v) is 8.99. The van der Waals surface area contributed by atoms with Gasteiger partial charge in [-0.25, -0.2) is 0 Å². The Bertz CT molecular complexity index is 388. The minimum Gasteiger partial charge on any atom is -0.379 e. The monoisotopic (exact) mass is 216 g/mol. The molecule has 0 aliphatic carbocycles. The van der Waals surface area contributed by atoms with Gasteiger partial charge in [0.25, 0.3) is 5.91 Å². The van der Waals surface area contributed by atoms with Gasteiger partial charge in [-0.1, -0.05) is 12.2 Å². The lowest BCUT2D eigenvalue weighted by atomic mass is 10.2. The molecule has 1 radical (unpaired) electrons. The molecule has 4 nitrogen and oxygen atoms in total. The van der Waals surface area contributed by atoms with E-state index < -0.39 is 0 Å². The second kappa shape index (κ2) is 6.40. The van der Waals surface area contributed by atoms with E-state index >= 15 is 0 Å². The largest absolute Gasteiger partial charge is 0.379 e. The zero-order chi connectivity index (χ0) is 11.8. The molecule has 1 rings (SSSR count). The standard InChI is InChI=1S/C12H14N3O/c1-3-6-14-11-9-13-8-5-10(11)12(16)15-7-4-2/h3-5,8,14H,1-2,6-7H2,(H,15,16). The molecule has 4 heteroatoms. The molecule has 0 aliphatic rings. The van der Waals surface area contributed by atoms with Gasteiger partial charge in [0.15, 0.2) is 0 Å². The smallest absolute Gasteiger partial charge is 0.253 e. The van der Waals surface area contributed by atoms with E-state index in [0.717, 1.165) is 0 Å². The topological polar surface area (TPSA) is 54.0 Å². The number of carbonyl (C=O) groups excluding carboxylic acids is 1. The highest BCUT2D eigenvalue weighted by Gasteiger charge is 2.09. The molecule has 0 saturated heterocycles. The maximum atomic E-state index is 11.7. The minimum absolute atomic E-state index is 0.176. The third kappa shape index (κ3) is 3.24. The highest BCUT2D eigenvalue weighted by atomic mass is 16.1. The van der Waals surface area contributed by atoms with Gasteiger partial charge >= 0.3 is 0 Å². The molecule has 1 heterocycles. The van der Waals surface area contributed by atoms with Crippen molar-refractivity contribution in [3.05, 3.63) is 49.3 Å². The molecule has 0 spiro atoms. The molecular weight excluding hydrogens is 202 g/mol. The first-order chi connectivity index (χ1) is 7.79. The molecule has 0 aliphatic heterocycles. The summed E-state index contributed by atoms with van der Waals surface area (Å²) in [6, 6.07) is 1.64. The SMILES string of the molecule is C=CCNC(=O)c1ccn[c]c1NCC=C. The molecule has 0 bridgehead atoms. The Morgan fingerprint density at radius 2 is 2.19 bits per heavy atom. The van der Waals surface area contributed by atoms with Crippen molar-refractivity contribution in [1.82, 2.24) is 10.3 Å². The van der Waals surface area contributed by atoms with Crippen molar-refractivity contribution in [2.45, 2.75) is 0 Å². The fourth-order valence-corrected chi connectivity index (χ4v) is 1.12. The van der Waals surface area contributed by atoms with Crippen LogP contribution in [0.1, 0.15) is 10.4 Å². The van der Waals surface area contributed by atoms with E-state index in [4.69, 9.17) is 0 Å². The molecule has 1 aromatic rings. The van der Waals surface area contributed by atoms with Gasteiger partial charge in [-0.05, 0) is 6.07 Å². The second-order valence-electron chi connectivity index (χ2n) is 3.01. The third-order valence-corrected chi connectivity index (χ3v) is 1.84. The van der Waals surface area contributed by atoms with Gasteiger partial charge in [0, 0.05) is 19.3 Å². The number of carbonyl (C=O) groups is 1. The molecule has 0 saturated carbocycles. The summed E-state index contributed by atoms with van der Waals surface area (Å²) in [4.78, 5) is 15.6. The highest BCUT2D eigenvalue weighted by molar-refractivity contribution is 5.99. The van der Waals surface area contributed by atoms with Crippen LogP contribution in [0, 0.1) is 6.20 Å². The highest BCUT2D eigenvalue weighted by Crippen LogP contribution is 2.11.